The van der Waals surface area contributed by atoms with Crippen molar-refractivity contribution in [1.82, 2.24) is 24.6 Å². The first-order chi connectivity index (χ1) is 15.1. The fraction of sp³-hybridized carbons (Fsp3) is 0.429. The lowest BCUT2D eigenvalue weighted by Crippen LogP contribution is -2.35. The molecule has 32 heavy (non-hydrogen) atoms. The highest BCUT2D eigenvalue weighted by Crippen LogP contribution is 2.46. The second kappa shape index (κ2) is 7.21. The Bertz CT molecular complexity index is 1270. The van der Waals surface area contributed by atoms with Crippen LogP contribution in [-0.2, 0) is 5.92 Å². The van der Waals surface area contributed by atoms with E-state index in [1.165, 1.54) is 10.6 Å². The number of hydrogen-bond acceptors (Lipinski definition) is 5. The van der Waals surface area contributed by atoms with Gasteiger partial charge >= 0.3 is 12.1 Å². The number of nitrogens with zero attached hydrogens (tertiary/aromatic N) is 5. The highest BCUT2D eigenvalue weighted by molar-refractivity contribution is 5.83. The topological polar surface area (TPSA) is 69.1 Å². The van der Waals surface area contributed by atoms with Gasteiger partial charge in [0.05, 0.1) is 0 Å². The Morgan fingerprint density at radius 1 is 1.03 bits per heavy atom. The van der Waals surface area contributed by atoms with Gasteiger partial charge < -0.3 is 4.42 Å². The van der Waals surface area contributed by atoms with Crippen LogP contribution in [0.25, 0.3) is 28.3 Å². The summed E-state index contributed by atoms with van der Waals surface area (Å²) in [6.07, 6.45) is -0.00863. The molecule has 11 heteroatoms. The predicted molar refractivity (Wildman–Crippen MR) is 104 cm³/mol. The minimum atomic E-state index is -5.76. The van der Waals surface area contributed by atoms with Gasteiger partial charge in [0.25, 0.3) is 5.89 Å². The summed E-state index contributed by atoms with van der Waals surface area (Å²) in [5.74, 6) is -4.63. The van der Waals surface area contributed by atoms with Crippen LogP contribution in [0.1, 0.15) is 49.8 Å². The maximum atomic E-state index is 14.4. The third kappa shape index (κ3) is 3.30. The fourth-order valence-electron chi connectivity index (χ4n) is 4.36. The zero-order valence-corrected chi connectivity index (χ0v) is 16.9. The second-order valence-electron chi connectivity index (χ2n) is 8.29. The monoisotopic (exact) mass is 451 g/mol. The molecule has 0 aromatic carbocycles. The molecule has 0 radical (unpaired) electrons. The fourth-order valence-corrected chi connectivity index (χ4v) is 4.36. The Morgan fingerprint density at radius 3 is 2.44 bits per heavy atom. The van der Waals surface area contributed by atoms with Crippen molar-refractivity contribution in [3.8, 4) is 11.6 Å². The largest absolute Gasteiger partial charge is 0.459 e. The van der Waals surface area contributed by atoms with Crippen LogP contribution in [-0.4, -0.2) is 30.7 Å². The molecule has 6 nitrogen and oxygen atoms in total. The molecule has 4 aromatic heterocycles. The highest BCUT2D eigenvalue weighted by atomic mass is 19.4. The van der Waals surface area contributed by atoms with Gasteiger partial charge in [-0.15, -0.1) is 10.2 Å². The van der Waals surface area contributed by atoms with E-state index in [1.807, 2.05) is 0 Å². The van der Waals surface area contributed by atoms with E-state index in [4.69, 9.17) is 4.42 Å². The third-order valence-electron chi connectivity index (χ3n) is 6.14. The molecule has 0 unspecified atom stereocenters. The lowest BCUT2D eigenvalue weighted by molar-refractivity contribution is -0.290. The summed E-state index contributed by atoms with van der Waals surface area (Å²) in [6.45, 7) is 2.11. The number of fused-ring (bicyclic) bond motifs is 3. The lowest BCUT2D eigenvalue weighted by Gasteiger charge is -2.28. The Labute approximate surface area is 178 Å². The first-order valence-corrected chi connectivity index (χ1v) is 10.2. The summed E-state index contributed by atoms with van der Waals surface area (Å²) in [4.78, 5) is 8.11. The van der Waals surface area contributed by atoms with E-state index in [0.717, 1.165) is 25.3 Å². The Hall–Kier alpha value is -3.11. The van der Waals surface area contributed by atoms with Gasteiger partial charge in [-0.2, -0.15) is 22.0 Å². The molecule has 0 atom stereocenters. The molecular weight excluding hydrogens is 433 g/mol. The maximum Gasteiger partial charge on any atom is 0.459 e. The molecule has 0 bridgehead atoms. The smallest absolute Gasteiger partial charge is 0.422 e. The number of aromatic nitrogens is 5. The van der Waals surface area contributed by atoms with E-state index in [0.29, 0.717) is 35.4 Å². The molecule has 1 fully saturated rings. The Balaban J connectivity index is 1.76. The van der Waals surface area contributed by atoms with Crippen LogP contribution in [0.4, 0.5) is 22.0 Å². The van der Waals surface area contributed by atoms with E-state index in [9.17, 15) is 22.0 Å². The average molecular weight is 451 g/mol. The van der Waals surface area contributed by atoms with Gasteiger partial charge in [0.15, 0.2) is 0 Å². The van der Waals surface area contributed by atoms with Crippen LogP contribution < -0.4 is 0 Å². The summed E-state index contributed by atoms with van der Waals surface area (Å²) in [5, 5.41) is 7.87. The van der Waals surface area contributed by atoms with Crippen molar-refractivity contribution in [3.05, 3.63) is 42.0 Å². The van der Waals surface area contributed by atoms with Gasteiger partial charge in [0.1, 0.15) is 22.7 Å². The molecular formula is C21H18F5N5O. The minimum Gasteiger partial charge on any atom is -0.422 e. The van der Waals surface area contributed by atoms with Crippen LogP contribution in [0.2, 0.25) is 0 Å². The SMILES string of the molecule is CC1CCC(c2cc(C(F)(F)C(F)(F)F)nc3c2ccc2nc(-c4nnco4)cn23)CC1. The van der Waals surface area contributed by atoms with E-state index in [1.54, 1.807) is 12.1 Å². The molecule has 0 N–H and O–H groups in total. The van der Waals surface area contributed by atoms with Gasteiger partial charge in [-0.3, -0.25) is 4.40 Å². The zero-order valence-electron chi connectivity index (χ0n) is 16.9. The number of imidazole rings is 1. The quantitative estimate of drug-likeness (QED) is 0.364. The van der Waals surface area contributed by atoms with Gasteiger partial charge in [-0.25, -0.2) is 9.97 Å². The average Bonchev–Trinajstić information content (AvgIpc) is 3.42. The zero-order chi connectivity index (χ0) is 22.7. The molecule has 1 saturated carbocycles. The number of pyridine rings is 2. The number of alkyl halides is 5. The van der Waals surface area contributed by atoms with Gasteiger partial charge in [0, 0.05) is 11.6 Å². The summed E-state index contributed by atoms with van der Waals surface area (Å²) in [6, 6.07) is 4.27. The molecule has 0 amide bonds. The minimum absolute atomic E-state index is 0.0178. The normalized spacial score (nSPS) is 20.3. The maximum absolute atomic E-state index is 14.4. The first-order valence-electron chi connectivity index (χ1n) is 10.2. The molecule has 1 aliphatic carbocycles. The molecule has 0 aliphatic heterocycles. The van der Waals surface area contributed by atoms with Crippen molar-refractivity contribution in [2.75, 3.05) is 0 Å². The third-order valence-corrected chi connectivity index (χ3v) is 6.14. The van der Waals surface area contributed by atoms with E-state index >= 15 is 0 Å². The summed E-state index contributed by atoms with van der Waals surface area (Å²) < 4.78 is 74.9. The van der Waals surface area contributed by atoms with Crippen LogP contribution in [0.3, 0.4) is 0 Å². The molecule has 5 rings (SSSR count). The van der Waals surface area contributed by atoms with Crippen molar-refractivity contribution >= 4 is 16.7 Å². The van der Waals surface area contributed by atoms with Gasteiger partial charge in [-0.1, -0.05) is 19.8 Å². The van der Waals surface area contributed by atoms with E-state index in [2.05, 4.69) is 27.1 Å². The van der Waals surface area contributed by atoms with Crippen LogP contribution >= 0.6 is 0 Å². The molecule has 0 saturated heterocycles. The highest BCUT2D eigenvalue weighted by Gasteiger charge is 2.60. The summed E-state index contributed by atoms with van der Waals surface area (Å²) in [5.41, 5.74) is -0.301. The van der Waals surface area contributed by atoms with Crippen molar-refractivity contribution in [3.63, 3.8) is 0 Å². The van der Waals surface area contributed by atoms with Crippen LogP contribution in [0.5, 0.6) is 0 Å². The standard InChI is InChI=1S/C21H18F5N5O/c1-11-2-4-12(5-3-11)14-8-16(20(22,23)21(24,25)26)29-18-13(14)6-7-17-28-15(9-31(17)18)19-30-27-10-32-19/h6-12H,2-5H2,1H3. The Morgan fingerprint density at radius 2 is 1.78 bits per heavy atom. The van der Waals surface area contributed by atoms with E-state index < -0.39 is 17.8 Å². The first kappa shape index (κ1) is 20.8. The van der Waals surface area contributed by atoms with Crippen molar-refractivity contribution in [2.24, 2.45) is 5.92 Å². The second-order valence-corrected chi connectivity index (χ2v) is 8.29. The van der Waals surface area contributed by atoms with Gasteiger partial charge in [0.2, 0.25) is 6.39 Å². The Kier molecular flexibility index (Phi) is 4.68. The summed E-state index contributed by atoms with van der Waals surface area (Å²) >= 11 is 0. The van der Waals surface area contributed by atoms with E-state index in [-0.39, 0.29) is 23.1 Å². The lowest BCUT2D eigenvalue weighted by atomic mass is 9.78. The predicted octanol–water partition coefficient (Wildman–Crippen LogP) is 5.88. The number of hydrogen-bond donors (Lipinski definition) is 0. The molecule has 1 aliphatic rings. The van der Waals surface area contributed by atoms with Crippen molar-refractivity contribution in [1.29, 1.82) is 0 Å². The van der Waals surface area contributed by atoms with Crippen molar-refractivity contribution < 1.29 is 26.4 Å². The number of rotatable bonds is 3. The number of halogens is 5. The molecule has 4 aromatic rings. The summed E-state index contributed by atoms with van der Waals surface area (Å²) in [7, 11) is 0. The van der Waals surface area contributed by atoms with Crippen molar-refractivity contribution in [2.45, 2.75) is 50.6 Å². The van der Waals surface area contributed by atoms with Crippen LogP contribution in [0, 0.1) is 5.92 Å². The molecule has 0 spiro atoms. The van der Waals surface area contributed by atoms with Gasteiger partial charge in [-0.05, 0) is 48.4 Å². The molecule has 4 heterocycles. The van der Waals surface area contributed by atoms with Crippen LogP contribution in [0.15, 0.2) is 35.2 Å². The molecule has 168 valence electrons.